The fourth-order valence-electron chi connectivity index (χ4n) is 2.62. The second-order valence-corrected chi connectivity index (χ2v) is 6.37. The third kappa shape index (κ3) is 4.20. The summed E-state index contributed by atoms with van der Waals surface area (Å²) in [5.41, 5.74) is -0.0431. The van der Waals surface area contributed by atoms with Crippen LogP contribution in [0.4, 0.5) is 11.9 Å². The van der Waals surface area contributed by atoms with Crippen molar-refractivity contribution in [3.05, 3.63) is 5.28 Å². The molecule has 0 amide bonds. The van der Waals surface area contributed by atoms with Gasteiger partial charge in [-0.15, -0.1) is 0 Å². The minimum Gasteiger partial charge on any atom is -0.349 e. The Morgan fingerprint density at radius 3 is 2.50 bits per heavy atom. The molecule has 0 saturated carbocycles. The van der Waals surface area contributed by atoms with Crippen LogP contribution >= 0.6 is 11.6 Å². The highest BCUT2D eigenvalue weighted by atomic mass is 35.5. The zero-order valence-corrected chi connectivity index (χ0v) is 13.4. The summed E-state index contributed by atoms with van der Waals surface area (Å²) >= 11 is 6.05. The van der Waals surface area contributed by atoms with Crippen molar-refractivity contribution in [3.8, 4) is 0 Å². The average molecular weight is 298 g/mol. The molecular weight excluding hydrogens is 274 g/mol. The van der Waals surface area contributed by atoms with Gasteiger partial charge in [0.2, 0.25) is 17.2 Å². The smallest absolute Gasteiger partial charge is 0.231 e. The van der Waals surface area contributed by atoms with Crippen molar-refractivity contribution in [1.29, 1.82) is 0 Å². The summed E-state index contributed by atoms with van der Waals surface area (Å²) in [5, 5.41) is 3.63. The first kappa shape index (κ1) is 15.3. The summed E-state index contributed by atoms with van der Waals surface area (Å²) in [6.07, 6.45) is 5.82. The molecule has 0 unspecified atom stereocenters. The van der Waals surface area contributed by atoms with Crippen LogP contribution in [0, 0.1) is 0 Å². The second kappa shape index (κ2) is 6.57. The summed E-state index contributed by atoms with van der Waals surface area (Å²) in [5.74, 6) is 1.27. The summed E-state index contributed by atoms with van der Waals surface area (Å²) in [7, 11) is 0. The Morgan fingerprint density at radius 2 is 1.85 bits per heavy atom. The van der Waals surface area contributed by atoms with Gasteiger partial charge in [0.25, 0.3) is 0 Å². The Hall–Kier alpha value is -1.10. The number of aromatic nitrogens is 3. The van der Waals surface area contributed by atoms with Gasteiger partial charge in [0.1, 0.15) is 0 Å². The Morgan fingerprint density at radius 1 is 1.15 bits per heavy atom. The molecule has 20 heavy (non-hydrogen) atoms. The number of hydrogen-bond donors (Lipinski definition) is 1. The maximum absolute atomic E-state index is 6.05. The number of anilines is 2. The number of nitrogens with zero attached hydrogens (tertiary/aromatic N) is 4. The predicted octanol–water partition coefficient (Wildman–Crippen LogP) is 3.51. The molecule has 0 aromatic carbocycles. The molecule has 0 radical (unpaired) electrons. The summed E-state index contributed by atoms with van der Waals surface area (Å²) in [6, 6.07) is 0. The highest BCUT2D eigenvalue weighted by Gasteiger charge is 2.20. The Labute approximate surface area is 126 Å². The molecule has 1 aliphatic heterocycles. The van der Waals surface area contributed by atoms with Crippen LogP contribution in [0.2, 0.25) is 5.28 Å². The lowest BCUT2D eigenvalue weighted by Crippen LogP contribution is -2.34. The Balaban J connectivity index is 2.15. The van der Waals surface area contributed by atoms with Crippen molar-refractivity contribution in [1.82, 2.24) is 15.0 Å². The lowest BCUT2D eigenvalue weighted by molar-refractivity contribution is 0.505. The molecule has 0 atom stereocenters. The maximum atomic E-state index is 6.05. The molecule has 0 spiro atoms. The third-order valence-corrected chi connectivity index (χ3v) is 3.73. The maximum Gasteiger partial charge on any atom is 0.231 e. The Kier molecular flexibility index (Phi) is 5.02. The quantitative estimate of drug-likeness (QED) is 0.901. The van der Waals surface area contributed by atoms with Gasteiger partial charge >= 0.3 is 0 Å². The van der Waals surface area contributed by atoms with Crippen molar-refractivity contribution in [3.63, 3.8) is 0 Å². The van der Waals surface area contributed by atoms with Crippen LogP contribution in [0.1, 0.15) is 52.9 Å². The van der Waals surface area contributed by atoms with E-state index in [1.165, 1.54) is 19.3 Å². The summed E-state index contributed by atoms with van der Waals surface area (Å²) in [6.45, 7) is 8.46. The zero-order chi connectivity index (χ0) is 14.6. The van der Waals surface area contributed by atoms with Crippen LogP contribution < -0.4 is 10.2 Å². The monoisotopic (exact) mass is 297 g/mol. The van der Waals surface area contributed by atoms with E-state index >= 15 is 0 Å². The number of hydrogen-bond acceptors (Lipinski definition) is 5. The lowest BCUT2D eigenvalue weighted by atomic mass is 9.99. The molecule has 1 fully saturated rings. The lowest BCUT2D eigenvalue weighted by Gasteiger charge is -2.28. The standard InChI is InChI=1S/C14H24ClN5/c1-4-8-14(2,3)19-12-16-11(15)17-13(18-12)20-9-6-5-7-10-20/h4-10H2,1-3H3,(H,16,17,18,19). The van der Waals surface area contributed by atoms with Crippen LogP contribution in [-0.4, -0.2) is 33.6 Å². The van der Waals surface area contributed by atoms with Crippen LogP contribution in [-0.2, 0) is 0 Å². The molecule has 1 N–H and O–H groups in total. The van der Waals surface area contributed by atoms with E-state index in [1.54, 1.807) is 0 Å². The van der Waals surface area contributed by atoms with Crippen molar-refractivity contribution in [2.75, 3.05) is 23.3 Å². The molecule has 1 aromatic rings. The number of halogens is 1. The summed E-state index contributed by atoms with van der Waals surface area (Å²) in [4.78, 5) is 15.2. The molecule has 112 valence electrons. The molecule has 1 aromatic heterocycles. The van der Waals surface area contributed by atoms with Crippen molar-refractivity contribution < 1.29 is 0 Å². The second-order valence-electron chi connectivity index (χ2n) is 6.03. The van der Waals surface area contributed by atoms with Crippen molar-refractivity contribution >= 4 is 23.5 Å². The topological polar surface area (TPSA) is 53.9 Å². The molecule has 1 saturated heterocycles. The Bertz CT molecular complexity index is 443. The highest BCUT2D eigenvalue weighted by molar-refractivity contribution is 6.28. The fraction of sp³-hybridized carbons (Fsp3) is 0.786. The first-order chi connectivity index (χ1) is 9.50. The number of piperidine rings is 1. The van der Waals surface area contributed by atoms with Gasteiger partial charge < -0.3 is 10.2 Å². The highest BCUT2D eigenvalue weighted by Crippen LogP contribution is 2.21. The molecule has 2 heterocycles. The average Bonchev–Trinajstić information content (AvgIpc) is 2.38. The van der Waals surface area contributed by atoms with E-state index in [1.807, 2.05) is 0 Å². The van der Waals surface area contributed by atoms with Gasteiger partial charge in [-0.25, -0.2) is 0 Å². The first-order valence-corrected chi connectivity index (χ1v) is 7.83. The molecule has 2 rings (SSSR count). The molecule has 6 heteroatoms. The molecule has 1 aliphatic rings. The van der Waals surface area contributed by atoms with E-state index in [4.69, 9.17) is 11.6 Å². The van der Waals surface area contributed by atoms with E-state index in [9.17, 15) is 0 Å². The van der Waals surface area contributed by atoms with Gasteiger partial charge in [0.05, 0.1) is 0 Å². The molecule has 0 bridgehead atoms. The zero-order valence-electron chi connectivity index (χ0n) is 12.6. The van der Waals surface area contributed by atoms with Gasteiger partial charge in [-0.3, -0.25) is 0 Å². The third-order valence-electron chi connectivity index (χ3n) is 3.56. The predicted molar refractivity (Wildman–Crippen MR) is 83.5 cm³/mol. The summed E-state index contributed by atoms with van der Waals surface area (Å²) < 4.78 is 0. The minimum atomic E-state index is -0.0431. The van der Waals surface area contributed by atoms with E-state index < -0.39 is 0 Å². The van der Waals surface area contributed by atoms with E-state index in [0.29, 0.717) is 11.9 Å². The number of rotatable bonds is 5. The van der Waals surface area contributed by atoms with Crippen LogP contribution in [0.5, 0.6) is 0 Å². The first-order valence-electron chi connectivity index (χ1n) is 7.45. The molecule has 5 nitrogen and oxygen atoms in total. The van der Waals surface area contributed by atoms with E-state index in [-0.39, 0.29) is 10.8 Å². The molecular formula is C14H24ClN5. The largest absolute Gasteiger partial charge is 0.349 e. The van der Waals surface area contributed by atoms with Gasteiger partial charge in [0, 0.05) is 18.6 Å². The fourth-order valence-corrected chi connectivity index (χ4v) is 2.78. The van der Waals surface area contributed by atoms with Crippen LogP contribution in [0.15, 0.2) is 0 Å². The van der Waals surface area contributed by atoms with Gasteiger partial charge in [0.15, 0.2) is 0 Å². The van der Waals surface area contributed by atoms with Gasteiger partial charge in [-0.05, 0) is 51.1 Å². The van der Waals surface area contributed by atoms with Gasteiger partial charge in [-0.2, -0.15) is 15.0 Å². The van der Waals surface area contributed by atoms with Crippen LogP contribution in [0.25, 0.3) is 0 Å². The SMILES string of the molecule is CCCC(C)(C)Nc1nc(Cl)nc(N2CCCCC2)n1. The van der Waals surface area contributed by atoms with E-state index in [2.05, 4.69) is 45.9 Å². The van der Waals surface area contributed by atoms with Crippen LogP contribution in [0.3, 0.4) is 0 Å². The van der Waals surface area contributed by atoms with Crippen molar-refractivity contribution in [2.45, 2.75) is 58.4 Å². The minimum absolute atomic E-state index is 0.0431. The number of nitrogens with one attached hydrogen (secondary N) is 1. The van der Waals surface area contributed by atoms with Gasteiger partial charge in [-0.1, -0.05) is 13.3 Å². The normalized spacial score (nSPS) is 16.3. The van der Waals surface area contributed by atoms with Crippen molar-refractivity contribution in [2.24, 2.45) is 0 Å². The molecule has 0 aliphatic carbocycles. The van der Waals surface area contributed by atoms with E-state index in [0.717, 1.165) is 25.9 Å².